The monoisotopic (exact) mass is 423 g/mol. The van der Waals surface area contributed by atoms with Gasteiger partial charge >= 0.3 is 5.97 Å². The third-order valence-electron chi connectivity index (χ3n) is 5.25. The van der Waals surface area contributed by atoms with E-state index in [0.29, 0.717) is 26.1 Å². The summed E-state index contributed by atoms with van der Waals surface area (Å²) in [5, 5.41) is 0. The fraction of sp³-hybridized carbons (Fsp3) is 0.526. The van der Waals surface area contributed by atoms with Crippen LogP contribution < -0.4 is 5.73 Å². The van der Waals surface area contributed by atoms with Crippen molar-refractivity contribution in [2.75, 3.05) is 26.2 Å². The van der Waals surface area contributed by atoms with E-state index in [9.17, 15) is 22.8 Å². The molecule has 1 aromatic rings. The maximum atomic E-state index is 12.7. The lowest BCUT2D eigenvalue weighted by atomic mass is 10.0. The average molecular weight is 423 g/mol. The van der Waals surface area contributed by atoms with Crippen molar-refractivity contribution in [2.24, 2.45) is 5.73 Å². The van der Waals surface area contributed by atoms with Gasteiger partial charge in [0.05, 0.1) is 10.5 Å². The Morgan fingerprint density at radius 3 is 2.45 bits per heavy atom. The lowest BCUT2D eigenvalue weighted by Gasteiger charge is -2.33. The molecule has 0 radical (unpaired) electrons. The highest BCUT2D eigenvalue weighted by Gasteiger charge is 2.31. The first kappa shape index (κ1) is 21.3. The normalized spacial score (nSPS) is 20.4. The Bertz CT molecular complexity index is 895. The topological polar surface area (TPSA) is 127 Å². The summed E-state index contributed by atoms with van der Waals surface area (Å²) in [6.45, 7) is 0.768. The second kappa shape index (κ2) is 8.91. The van der Waals surface area contributed by atoms with Crippen molar-refractivity contribution in [3.05, 3.63) is 29.8 Å². The fourth-order valence-electron chi connectivity index (χ4n) is 3.68. The van der Waals surface area contributed by atoms with Crippen LogP contribution >= 0.6 is 0 Å². The number of sulfonamides is 1. The molecule has 29 heavy (non-hydrogen) atoms. The molecular weight excluding hydrogens is 398 g/mol. The Kier molecular flexibility index (Phi) is 6.53. The molecule has 0 aromatic heterocycles. The van der Waals surface area contributed by atoms with E-state index in [1.807, 2.05) is 0 Å². The van der Waals surface area contributed by atoms with Crippen LogP contribution in [0.1, 0.15) is 42.5 Å². The van der Waals surface area contributed by atoms with Gasteiger partial charge in [-0.2, -0.15) is 4.31 Å². The summed E-state index contributed by atoms with van der Waals surface area (Å²) in [6.07, 6.45) is 3.67. The molecule has 2 fully saturated rings. The number of hydrogen-bond acceptors (Lipinski definition) is 6. The number of primary amides is 1. The van der Waals surface area contributed by atoms with Crippen molar-refractivity contribution in [3.63, 3.8) is 0 Å². The highest BCUT2D eigenvalue weighted by atomic mass is 32.2. The zero-order chi connectivity index (χ0) is 21.0. The van der Waals surface area contributed by atoms with Gasteiger partial charge in [-0.25, -0.2) is 13.2 Å². The Hall–Kier alpha value is -2.46. The van der Waals surface area contributed by atoms with Crippen molar-refractivity contribution in [2.45, 2.75) is 43.0 Å². The Balaban J connectivity index is 1.65. The van der Waals surface area contributed by atoms with E-state index in [1.165, 1.54) is 33.5 Å². The Morgan fingerprint density at radius 2 is 1.76 bits per heavy atom. The van der Waals surface area contributed by atoms with Gasteiger partial charge in [-0.3, -0.25) is 9.59 Å². The molecule has 2 aliphatic heterocycles. The van der Waals surface area contributed by atoms with Crippen molar-refractivity contribution >= 4 is 27.8 Å². The molecule has 0 spiro atoms. The summed E-state index contributed by atoms with van der Waals surface area (Å²) >= 11 is 0. The predicted molar refractivity (Wildman–Crippen MR) is 103 cm³/mol. The molecular formula is C19H25N3O6S. The molecule has 1 atom stereocenters. The number of likely N-dealkylation sites (tertiary alicyclic amines) is 1. The predicted octanol–water partition coefficient (Wildman–Crippen LogP) is 0.494. The van der Waals surface area contributed by atoms with Crippen molar-refractivity contribution in [1.29, 1.82) is 0 Å². The van der Waals surface area contributed by atoms with Crippen molar-refractivity contribution < 1.29 is 27.5 Å². The van der Waals surface area contributed by atoms with Crippen LogP contribution in [0.25, 0.3) is 0 Å². The van der Waals surface area contributed by atoms with Crippen LogP contribution in [0.3, 0.4) is 0 Å². The van der Waals surface area contributed by atoms with Crippen LogP contribution in [0.15, 0.2) is 29.2 Å². The number of piperidine rings is 1. The molecule has 0 saturated carbocycles. The number of carbonyl (C=O) groups is 3. The molecule has 158 valence electrons. The standard InChI is InChI=1S/C19H25N3O6S/c20-18(24)16-8-1-2-11-22(16)17(23)13-28-19(25)14-6-5-7-15(12-14)29(26,27)21-9-3-4-10-21/h5-7,12,16H,1-4,8-11,13H2,(H2,20,24)/t16-/m0/s1. The van der Waals surface area contributed by atoms with Gasteiger partial charge in [0.15, 0.2) is 6.61 Å². The van der Waals surface area contributed by atoms with E-state index in [2.05, 4.69) is 0 Å². The number of rotatable bonds is 6. The summed E-state index contributed by atoms with van der Waals surface area (Å²) in [4.78, 5) is 37.6. The first-order valence-electron chi connectivity index (χ1n) is 9.67. The van der Waals surface area contributed by atoms with E-state index >= 15 is 0 Å². The third-order valence-corrected chi connectivity index (χ3v) is 7.15. The van der Waals surface area contributed by atoms with E-state index in [-0.39, 0.29) is 10.5 Å². The molecule has 2 aliphatic rings. The molecule has 2 heterocycles. The van der Waals surface area contributed by atoms with Crippen LogP contribution in [0.2, 0.25) is 0 Å². The van der Waals surface area contributed by atoms with E-state index in [0.717, 1.165) is 25.7 Å². The van der Waals surface area contributed by atoms with Gasteiger partial charge in [-0.15, -0.1) is 0 Å². The summed E-state index contributed by atoms with van der Waals surface area (Å²) in [7, 11) is -3.66. The number of nitrogens with zero attached hydrogens (tertiary/aromatic N) is 2. The Morgan fingerprint density at radius 1 is 1.07 bits per heavy atom. The summed E-state index contributed by atoms with van der Waals surface area (Å²) < 4.78 is 31.8. The van der Waals surface area contributed by atoms with Gasteiger partial charge < -0.3 is 15.4 Å². The molecule has 9 nitrogen and oxygen atoms in total. The zero-order valence-electron chi connectivity index (χ0n) is 16.1. The number of nitrogens with two attached hydrogens (primary N) is 1. The average Bonchev–Trinajstić information content (AvgIpc) is 3.27. The number of amides is 2. The molecule has 0 bridgehead atoms. The SMILES string of the molecule is NC(=O)[C@@H]1CCCCN1C(=O)COC(=O)c1cccc(S(=O)(=O)N2CCCC2)c1. The number of benzene rings is 1. The summed E-state index contributed by atoms with van der Waals surface area (Å²) in [5.74, 6) is -1.88. The van der Waals surface area contributed by atoms with E-state index in [4.69, 9.17) is 10.5 Å². The quantitative estimate of drug-likeness (QED) is 0.664. The molecule has 3 rings (SSSR count). The van der Waals surface area contributed by atoms with Crippen LogP contribution in [0, 0.1) is 0 Å². The smallest absolute Gasteiger partial charge is 0.338 e. The minimum absolute atomic E-state index is 0.0185. The number of esters is 1. The second-order valence-electron chi connectivity index (χ2n) is 7.22. The van der Waals surface area contributed by atoms with Gasteiger partial charge in [0.1, 0.15) is 6.04 Å². The number of carbonyl (C=O) groups excluding carboxylic acids is 3. The van der Waals surface area contributed by atoms with Crippen LogP contribution in [0.5, 0.6) is 0 Å². The molecule has 1 aromatic carbocycles. The van der Waals surface area contributed by atoms with Gasteiger partial charge in [0.25, 0.3) is 5.91 Å². The summed E-state index contributed by atoms with van der Waals surface area (Å²) in [6, 6.07) is 4.90. The molecule has 2 saturated heterocycles. The lowest BCUT2D eigenvalue weighted by Crippen LogP contribution is -2.51. The maximum absolute atomic E-state index is 12.7. The molecule has 10 heteroatoms. The van der Waals surface area contributed by atoms with Gasteiger partial charge in [0.2, 0.25) is 15.9 Å². The fourth-order valence-corrected chi connectivity index (χ4v) is 5.24. The number of ether oxygens (including phenoxy) is 1. The van der Waals surface area contributed by atoms with Crippen LogP contribution in [0.4, 0.5) is 0 Å². The highest BCUT2D eigenvalue weighted by molar-refractivity contribution is 7.89. The molecule has 0 unspecified atom stereocenters. The Labute approximate surface area is 169 Å². The second-order valence-corrected chi connectivity index (χ2v) is 9.15. The first-order chi connectivity index (χ1) is 13.8. The van der Waals surface area contributed by atoms with E-state index in [1.54, 1.807) is 0 Å². The van der Waals surface area contributed by atoms with Gasteiger partial charge in [-0.05, 0) is 50.3 Å². The number of hydrogen-bond donors (Lipinski definition) is 1. The van der Waals surface area contributed by atoms with Crippen LogP contribution in [-0.2, 0) is 24.3 Å². The summed E-state index contributed by atoms with van der Waals surface area (Å²) in [5.41, 5.74) is 5.39. The molecule has 2 amide bonds. The van der Waals surface area contributed by atoms with Crippen molar-refractivity contribution in [3.8, 4) is 0 Å². The minimum Gasteiger partial charge on any atom is -0.452 e. The van der Waals surface area contributed by atoms with Crippen LogP contribution in [-0.4, -0.2) is 67.7 Å². The maximum Gasteiger partial charge on any atom is 0.338 e. The molecule has 0 aliphatic carbocycles. The molecule has 2 N–H and O–H groups in total. The largest absolute Gasteiger partial charge is 0.452 e. The first-order valence-corrected chi connectivity index (χ1v) is 11.1. The van der Waals surface area contributed by atoms with Crippen molar-refractivity contribution in [1.82, 2.24) is 9.21 Å². The van der Waals surface area contributed by atoms with E-state index < -0.39 is 40.5 Å². The van der Waals surface area contributed by atoms with Gasteiger partial charge in [-0.1, -0.05) is 6.07 Å². The van der Waals surface area contributed by atoms with Gasteiger partial charge in [0, 0.05) is 19.6 Å². The minimum atomic E-state index is -3.66. The highest BCUT2D eigenvalue weighted by Crippen LogP contribution is 2.22. The lowest BCUT2D eigenvalue weighted by molar-refractivity contribution is -0.143. The third kappa shape index (κ3) is 4.76. The zero-order valence-corrected chi connectivity index (χ0v) is 16.9.